The van der Waals surface area contributed by atoms with Crippen LogP contribution in [0.15, 0.2) is 30.6 Å². The Bertz CT molecular complexity index is 603. The van der Waals surface area contributed by atoms with Crippen molar-refractivity contribution in [3.8, 4) is 5.88 Å². The summed E-state index contributed by atoms with van der Waals surface area (Å²) in [7, 11) is 0. The standard InChI is InChI=1S/C15H16ClN3O/c16-13-6-2-1-4-11(13)7-8-17-14-12-5-3-9-20-15(12)19-10-18-14/h1-2,4,6,10H,3,5,7-9H2,(H,17,18,19). The van der Waals surface area contributed by atoms with Crippen molar-refractivity contribution in [2.45, 2.75) is 19.3 Å². The zero-order valence-corrected chi connectivity index (χ0v) is 11.9. The average molecular weight is 290 g/mol. The number of nitrogens with one attached hydrogen (secondary N) is 1. The van der Waals surface area contributed by atoms with Crippen molar-refractivity contribution in [2.24, 2.45) is 0 Å². The SMILES string of the molecule is Clc1ccccc1CCNc1ncnc2c1CCCO2. The van der Waals surface area contributed by atoms with Gasteiger partial charge in [-0.25, -0.2) is 9.97 Å². The predicted octanol–water partition coefficient (Wildman–Crippen LogP) is 3.11. The number of halogens is 1. The molecule has 0 atom stereocenters. The molecule has 0 saturated carbocycles. The van der Waals surface area contributed by atoms with Crippen LogP contribution in [0.5, 0.6) is 5.88 Å². The second kappa shape index (κ2) is 6.09. The largest absolute Gasteiger partial charge is 0.477 e. The molecule has 0 saturated heterocycles. The molecule has 0 spiro atoms. The number of ether oxygens (including phenoxy) is 1. The van der Waals surface area contributed by atoms with E-state index in [9.17, 15) is 0 Å². The van der Waals surface area contributed by atoms with E-state index in [4.69, 9.17) is 16.3 Å². The zero-order chi connectivity index (χ0) is 13.8. The predicted molar refractivity (Wildman–Crippen MR) is 79.5 cm³/mol. The molecular weight excluding hydrogens is 274 g/mol. The summed E-state index contributed by atoms with van der Waals surface area (Å²) in [6, 6.07) is 7.90. The second-order valence-corrected chi connectivity index (χ2v) is 5.13. The molecule has 20 heavy (non-hydrogen) atoms. The Labute approximate surface area is 123 Å². The molecule has 5 heteroatoms. The van der Waals surface area contributed by atoms with E-state index in [-0.39, 0.29) is 0 Å². The van der Waals surface area contributed by atoms with E-state index < -0.39 is 0 Å². The molecule has 0 radical (unpaired) electrons. The molecule has 0 unspecified atom stereocenters. The fourth-order valence-electron chi connectivity index (χ4n) is 2.33. The van der Waals surface area contributed by atoms with E-state index >= 15 is 0 Å². The highest BCUT2D eigenvalue weighted by Gasteiger charge is 2.16. The van der Waals surface area contributed by atoms with Crippen LogP contribution < -0.4 is 10.1 Å². The van der Waals surface area contributed by atoms with E-state index in [0.717, 1.165) is 54.4 Å². The van der Waals surface area contributed by atoms with Crippen molar-refractivity contribution in [1.82, 2.24) is 9.97 Å². The minimum Gasteiger partial charge on any atom is -0.477 e. The number of aromatic nitrogens is 2. The molecule has 2 heterocycles. The Hall–Kier alpha value is -1.81. The van der Waals surface area contributed by atoms with Gasteiger partial charge in [0.05, 0.1) is 12.2 Å². The quantitative estimate of drug-likeness (QED) is 0.939. The molecule has 3 rings (SSSR count). The van der Waals surface area contributed by atoms with Crippen LogP contribution in [0.2, 0.25) is 5.02 Å². The fourth-order valence-corrected chi connectivity index (χ4v) is 2.56. The summed E-state index contributed by atoms with van der Waals surface area (Å²) in [5.74, 6) is 1.59. The van der Waals surface area contributed by atoms with Gasteiger partial charge in [-0.1, -0.05) is 29.8 Å². The number of benzene rings is 1. The third-order valence-electron chi connectivity index (χ3n) is 3.36. The summed E-state index contributed by atoms with van der Waals surface area (Å²) >= 11 is 6.15. The first-order valence-corrected chi connectivity index (χ1v) is 7.16. The van der Waals surface area contributed by atoms with Crippen molar-refractivity contribution in [1.29, 1.82) is 0 Å². The molecule has 1 aromatic heterocycles. The Morgan fingerprint density at radius 3 is 3.05 bits per heavy atom. The van der Waals surface area contributed by atoms with Crippen molar-refractivity contribution in [3.63, 3.8) is 0 Å². The highest BCUT2D eigenvalue weighted by atomic mass is 35.5. The topological polar surface area (TPSA) is 47.0 Å². The first kappa shape index (κ1) is 13.2. The van der Waals surface area contributed by atoms with Crippen LogP contribution in [0.4, 0.5) is 5.82 Å². The van der Waals surface area contributed by atoms with Crippen LogP contribution in [0.3, 0.4) is 0 Å². The summed E-state index contributed by atoms with van der Waals surface area (Å²) in [4.78, 5) is 8.48. The summed E-state index contributed by atoms with van der Waals surface area (Å²) in [5.41, 5.74) is 2.22. The lowest BCUT2D eigenvalue weighted by Gasteiger charge is -2.18. The van der Waals surface area contributed by atoms with Crippen LogP contribution in [0, 0.1) is 0 Å². The molecule has 0 fully saturated rings. The molecule has 1 aliphatic rings. The smallest absolute Gasteiger partial charge is 0.221 e. The molecular formula is C15H16ClN3O. The van der Waals surface area contributed by atoms with E-state index in [0.29, 0.717) is 5.88 Å². The Balaban J connectivity index is 1.66. The van der Waals surface area contributed by atoms with Gasteiger partial charge in [0.15, 0.2) is 0 Å². The highest BCUT2D eigenvalue weighted by molar-refractivity contribution is 6.31. The molecule has 2 aromatic rings. The summed E-state index contributed by atoms with van der Waals surface area (Å²) in [6.07, 6.45) is 4.38. The van der Waals surface area contributed by atoms with Crippen molar-refractivity contribution in [3.05, 3.63) is 46.7 Å². The molecule has 104 valence electrons. The van der Waals surface area contributed by atoms with E-state index in [2.05, 4.69) is 15.3 Å². The highest BCUT2D eigenvalue weighted by Crippen LogP contribution is 2.27. The number of fused-ring (bicyclic) bond motifs is 1. The summed E-state index contributed by atoms with van der Waals surface area (Å²) in [6.45, 7) is 1.52. The summed E-state index contributed by atoms with van der Waals surface area (Å²) in [5, 5.41) is 4.17. The van der Waals surface area contributed by atoms with Crippen LogP contribution in [0.1, 0.15) is 17.5 Å². The molecule has 1 N–H and O–H groups in total. The monoisotopic (exact) mass is 289 g/mol. The van der Waals surface area contributed by atoms with Gasteiger partial charge in [-0.05, 0) is 30.9 Å². The normalized spacial score (nSPS) is 13.4. The third-order valence-corrected chi connectivity index (χ3v) is 3.73. The Morgan fingerprint density at radius 1 is 1.25 bits per heavy atom. The maximum atomic E-state index is 6.15. The van der Waals surface area contributed by atoms with Gasteiger partial charge in [-0.3, -0.25) is 0 Å². The van der Waals surface area contributed by atoms with Crippen LogP contribution >= 0.6 is 11.6 Å². The zero-order valence-electron chi connectivity index (χ0n) is 11.1. The first-order chi connectivity index (χ1) is 9.84. The first-order valence-electron chi connectivity index (χ1n) is 6.78. The lowest BCUT2D eigenvalue weighted by atomic mass is 10.1. The molecule has 1 aromatic carbocycles. The van der Waals surface area contributed by atoms with Crippen LogP contribution in [-0.4, -0.2) is 23.1 Å². The fraction of sp³-hybridized carbons (Fsp3) is 0.333. The molecule has 4 nitrogen and oxygen atoms in total. The van der Waals surface area contributed by atoms with Gasteiger partial charge in [0, 0.05) is 11.6 Å². The van der Waals surface area contributed by atoms with Gasteiger partial charge in [0.25, 0.3) is 0 Å². The van der Waals surface area contributed by atoms with Crippen molar-refractivity contribution < 1.29 is 4.74 Å². The summed E-state index contributed by atoms with van der Waals surface area (Å²) < 4.78 is 5.54. The Kier molecular flexibility index (Phi) is 4.02. The van der Waals surface area contributed by atoms with E-state index in [1.54, 1.807) is 6.33 Å². The number of rotatable bonds is 4. The molecule has 0 amide bonds. The van der Waals surface area contributed by atoms with Crippen LogP contribution in [0.25, 0.3) is 0 Å². The second-order valence-electron chi connectivity index (χ2n) is 4.73. The number of nitrogens with zero attached hydrogens (tertiary/aromatic N) is 2. The molecule has 1 aliphatic heterocycles. The van der Waals surface area contributed by atoms with Gasteiger partial charge < -0.3 is 10.1 Å². The lowest BCUT2D eigenvalue weighted by Crippen LogP contribution is -2.15. The molecule has 0 bridgehead atoms. The maximum absolute atomic E-state index is 6.15. The lowest BCUT2D eigenvalue weighted by molar-refractivity contribution is 0.276. The minimum atomic E-state index is 0.714. The van der Waals surface area contributed by atoms with Gasteiger partial charge >= 0.3 is 0 Å². The van der Waals surface area contributed by atoms with Gasteiger partial charge in [0.1, 0.15) is 12.1 Å². The maximum Gasteiger partial charge on any atom is 0.221 e. The van der Waals surface area contributed by atoms with Crippen molar-refractivity contribution >= 4 is 17.4 Å². The Morgan fingerprint density at radius 2 is 2.15 bits per heavy atom. The van der Waals surface area contributed by atoms with Gasteiger partial charge in [-0.2, -0.15) is 0 Å². The minimum absolute atomic E-state index is 0.714. The number of anilines is 1. The van der Waals surface area contributed by atoms with Crippen LogP contribution in [-0.2, 0) is 12.8 Å². The van der Waals surface area contributed by atoms with Crippen molar-refractivity contribution in [2.75, 3.05) is 18.5 Å². The van der Waals surface area contributed by atoms with Gasteiger partial charge in [-0.15, -0.1) is 0 Å². The van der Waals surface area contributed by atoms with Gasteiger partial charge in [0.2, 0.25) is 5.88 Å². The van der Waals surface area contributed by atoms with E-state index in [1.165, 1.54) is 0 Å². The third kappa shape index (κ3) is 2.85. The number of hydrogen-bond acceptors (Lipinski definition) is 4. The van der Waals surface area contributed by atoms with E-state index in [1.807, 2.05) is 24.3 Å². The molecule has 0 aliphatic carbocycles. The number of hydrogen-bond donors (Lipinski definition) is 1. The average Bonchev–Trinajstić information content (AvgIpc) is 2.49.